The van der Waals surface area contributed by atoms with Crippen molar-refractivity contribution in [2.45, 2.75) is 58.2 Å². The fourth-order valence-electron chi connectivity index (χ4n) is 6.01. The molecule has 0 N–H and O–H groups in total. The second-order valence-electron chi connectivity index (χ2n) is 11.2. The van der Waals surface area contributed by atoms with E-state index >= 15 is 0 Å². The van der Waals surface area contributed by atoms with Gasteiger partial charge < -0.3 is 4.90 Å². The normalized spacial score (nSPS) is 14.8. The van der Waals surface area contributed by atoms with Gasteiger partial charge in [0, 0.05) is 38.1 Å². The topological polar surface area (TPSA) is 23.6 Å². The van der Waals surface area contributed by atoms with Crippen LogP contribution < -0.4 is 0 Å². The number of hydrogen-bond donors (Lipinski definition) is 0. The van der Waals surface area contributed by atoms with Crippen molar-refractivity contribution in [1.29, 1.82) is 0 Å². The first-order chi connectivity index (χ1) is 19.7. The van der Waals surface area contributed by atoms with Gasteiger partial charge in [-0.3, -0.25) is 9.69 Å². The predicted molar refractivity (Wildman–Crippen MR) is 166 cm³/mol. The summed E-state index contributed by atoms with van der Waals surface area (Å²) in [4.78, 5) is 18.3. The van der Waals surface area contributed by atoms with Crippen molar-refractivity contribution in [1.82, 2.24) is 9.80 Å². The summed E-state index contributed by atoms with van der Waals surface area (Å²) in [5.41, 5.74) is 6.41. The smallest absolute Gasteiger partial charge is 0.225 e. The summed E-state index contributed by atoms with van der Waals surface area (Å²) in [6, 6.07) is 41.4. The van der Waals surface area contributed by atoms with Crippen LogP contribution in [-0.2, 0) is 24.3 Å². The number of nitrogens with zero attached hydrogens (tertiary/aromatic N) is 2. The molecular formula is C37H42N2O. The van der Waals surface area contributed by atoms with Gasteiger partial charge in [-0.05, 0) is 59.9 Å². The van der Waals surface area contributed by atoms with E-state index in [2.05, 4.69) is 132 Å². The highest BCUT2D eigenvalue weighted by Crippen LogP contribution is 2.27. The second kappa shape index (κ2) is 14.1. The van der Waals surface area contributed by atoms with Gasteiger partial charge >= 0.3 is 0 Å². The maximum absolute atomic E-state index is 13.6. The molecule has 206 valence electrons. The number of benzene rings is 4. The van der Waals surface area contributed by atoms with Crippen molar-refractivity contribution in [3.8, 4) is 11.1 Å². The average Bonchev–Trinajstić information content (AvgIpc) is 3.56. The molecule has 1 heterocycles. The highest BCUT2D eigenvalue weighted by molar-refractivity contribution is 5.79. The number of amides is 1. The molecule has 0 aromatic heterocycles. The van der Waals surface area contributed by atoms with Crippen LogP contribution in [0.4, 0.5) is 0 Å². The van der Waals surface area contributed by atoms with Gasteiger partial charge in [0.1, 0.15) is 0 Å². The summed E-state index contributed by atoms with van der Waals surface area (Å²) in [7, 11) is 0. The molecule has 0 saturated carbocycles. The summed E-state index contributed by atoms with van der Waals surface area (Å²) in [6.07, 6.45) is 4.93. The van der Waals surface area contributed by atoms with Crippen LogP contribution in [0.5, 0.6) is 0 Å². The minimum absolute atomic E-state index is 0.0424. The maximum Gasteiger partial charge on any atom is 0.225 e. The summed E-state index contributed by atoms with van der Waals surface area (Å²) >= 11 is 0. The van der Waals surface area contributed by atoms with Crippen molar-refractivity contribution >= 4 is 5.91 Å². The van der Waals surface area contributed by atoms with E-state index < -0.39 is 0 Å². The molecule has 5 rings (SSSR count). The van der Waals surface area contributed by atoms with E-state index in [9.17, 15) is 4.79 Å². The van der Waals surface area contributed by atoms with Gasteiger partial charge in [0.05, 0.1) is 0 Å². The fraction of sp³-hybridized carbons (Fsp3) is 0.324. The summed E-state index contributed by atoms with van der Waals surface area (Å²) in [5.74, 6) is 0.393. The van der Waals surface area contributed by atoms with Crippen LogP contribution in [0, 0.1) is 5.92 Å². The number of carbonyl (C=O) groups is 1. The van der Waals surface area contributed by atoms with E-state index in [0.29, 0.717) is 5.91 Å². The lowest BCUT2D eigenvalue weighted by Gasteiger charge is -2.35. The molecule has 0 aliphatic carbocycles. The Bertz CT molecular complexity index is 1260. The lowest BCUT2D eigenvalue weighted by atomic mass is 9.90. The monoisotopic (exact) mass is 530 g/mol. The molecule has 1 aliphatic rings. The molecule has 3 heteroatoms. The van der Waals surface area contributed by atoms with Gasteiger partial charge in [-0.2, -0.15) is 0 Å². The lowest BCUT2D eigenvalue weighted by molar-refractivity contribution is -0.135. The quantitative estimate of drug-likeness (QED) is 0.185. The molecule has 2 unspecified atom stereocenters. The molecule has 1 fully saturated rings. The van der Waals surface area contributed by atoms with Crippen LogP contribution in [0.15, 0.2) is 115 Å². The van der Waals surface area contributed by atoms with E-state index in [-0.39, 0.29) is 12.0 Å². The Morgan fingerprint density at radius 3 is 1.70 bits per heavy atom. The molecule has 1 amide bonds. The largest absolute Gasteiger partial charge is 0.342 e. The third kappa shape index (κ3) is 7.49. The molecule has 0 spiro atoms. The maximum atomic E-state index is 13.6. The van der Waals surface area contributed by atoms with Crippen molar-refractivity contribution in [3.05, 3.63) is 132 Å². The highest BCUT2D eigenvalue weighted by Gasteiger charge is 2.30. The first kappa shape index (κ1) is 27.9. The fourth-order valence-corrected chi connectivity index (χ4v) is 6.01. The van der Waals surface area contributed by atoms with Gasteiger partial charge in [-0.25, -0.2) is 0 Å². The highest BCUT2D eigenvalue weighted by atomic mass is 16.2. The van der Waals surface area contributed by atoms with Crippen molar-refractivity contribution < 1.29 is 4.79 Å². The molecule has 2 atom stereocenters. The summed E-state index contributed by atoms with van der Waals surface area (Å²) < 4.78 is 0. The third-order valence-corrected chi connectivity index (χ3v) is 8.32. The summed E-state index contributed by atoms with van der Waals surface area (Å²) in [5, 5.41) is 0. The first-order valence-corrected chi connectivity index (χ1v) is 14.9. The zero-order valence-electron chi connectivity index (χ0n) is 23.8. The van der Waals surface area contributed by atoms with Crippen LogP contribution in [0.3, 0.4) is 0 Å². The molecule has 0 bridgehead atoms. The van der Waals surface area contributed by atoms with Crippen LogP contribution >= 0.6 is 0 Å². The Balaban J connectivity index is 1.44. The van der Waals surface area contributed by atoms with E-state index in [1.54, 1.807) is 0 Å². The Morgan fingerprint density at radius 2 is 1.18 bits per heavy atom. The third-order valence-electron chi connectivity index (χ3n) is 8.32. The first-order valence-electron chi connectivity index (χ1n) is 14.9. The van der Waals surface area contributed by atoms with Crippen molar-refractivity contribution in [2.24, 2.45) is 5.92 Å². The average molecular weight is 531 g/mol. The van der Waals surface area contributed by atoms with Gasteiger partial charge in [-0.1, -0.05) is 122 Å². The molecular weight excluding hydrogens is 488 g/mol. The number of hydrogen-bond acceptors (Lipinski definition) is 2. The number of rotatable bonds is 12. The second-order valence-corrected chi connectivity index (χ2v) is 11.2. The van der Waals surface area contributed by atoms with E-state index in [1.165, 1.54) is 27.8 Å². The van der Waals surface area contributed by atoms with Gasteiger partial charge in [0.2, 0.25) is 5.91 Å². The molecule has 0 radical (unpaired) electrons. The Hall–Kier alpha value is -3.69. The van der Waals surface area contributed by atoms with Crippen LogP contribution in [-0.4, -0.2) is 34.8 Å². The van der Waals surface area contributed by atoms with E-state index in [4.69, 9.17) is 0 Å². The van der Waals surface area contributed by atoms with Crippen LogP contribution in [0.25, 0.3) is 11.1 Å². The lowest BCUT2D eigenvalue weighted by Crippen LogP contribution is -2.41. The Kier molecular flexibility index (Phi) is 9.82. The van der Waals surface area contributed by atoms with Crippen molar-refractivity contribution in [3.63, 3.8) is 0 Å². The molecule has 1 saturated heterocycles. The predicted octanol–water partition coefficient (Wildman–Crippen LogP) is 8.01. The van der Waals surface area contributed by atoms with Gasteiger partial charge in [-0.15, -0.1) is 0 Å². The van der Waals surface area contributed by atoms with Gasteiger partial charge in [0.15, 0.2) is 0 Å². The van der Waals surface area contributed by atoms with Crippen LogP contribution in [0.2, 0.25) is 0 Å². The standard InChI is InChI=1S/C37H42N2O/c1-2-33(37(40)38-24-12-13-25-38)27-36(26-30-20-22-35(23-21-30)34-18-10-5-11-19-34)39(28-31-14-6-3-7-15-31)29-32-16-8-4-9-17-32/h3-11,14-23,33,36H,2,12-13,24-29H2,1H3. The number of carbonyl (C=O) groups excluding carboxylic acids is 1. The minimum Gasteiger partial charge on any atom is -0.342 e. The van der Waals surface area contributed by atoms with Gasteiger partial charge in [0.25, 0.3) is 0 Å². The summed E-state index contributed by atoms with van der Waals surface area (Å²) in [6.45, 7) is 5.73. The molecule has 1 aliphatic heterocycles. The zero-order chi connectivity index (χ0) is 27.6. The Morgan fingerprint density at radius 1 is 0.675 bits per heavy atom. The number of likely N-dealkylation sites (tertiary alicyclic amines) is 1. The molecule has 4 aromatic rings. The molecule has 40 heavy (non-hydrogen) atoms. The van der Waals surface area contributed by atoms with Crippen molar-refractivity contribution in [2.75, 3.05) is 13.1 Å². The van der Waals surface area contributed by atoms with E-state index in [1.807, 2.05) is 0 Å². The Labute approximate surface area is 240 Å². The molecule has 4 aromatic carbocycles. The van der Waals surface area contributed by atoms with Crippen LogP contribution in [0.1, 0.15) is 49.3 Å². The zero-order valence-corrected chi connectivity index (χ0v) is 23.8. The minimum atomic E-state index is 0.0424. The SMILES string of the molecule is CCC(CC(Cc1ccc(-c2ccccc2)cc1)N(Cc1ccccc1)Cc1ccccc1)C(=O)N1CCCC1. The molecule has 3 nitrogen and oxygen atoms in total. The van der Waals surface area contributed by atoms with E-state index in [0.717, 1.165) is 58.3 Å².